The predicted octanol–water partition coefficient (Wildman–Crippen LogP) is 12.2. The Morgan fingerprint density at radius 1 is 0.529 bits per heavy atom. The van der Waals surface area contributed by atoms with Gasteiger partial charge in [-0.2, -0.15) is 0 Å². The Bertz CT molecular complexity index is 2260. The Hall–Kier alpha value is -4.76. The maximum atomic E-state index is 4.58. The van der Waals surface area contributed by atoms with E-state index in [1.165, 1.54) is 44.3 Å². The second-order valence-electron chi connectivity index (χ2n) is 15.0. The van der Waals surface area contributed by atoms with Crippen LogP contribution >= 0.6 is 0 Å². The molecule has 4 heteroatoms. The van der Waals surface area contributed by atoms with Gasteiger partial charge in [0.05, 0.1) is 0 Å². The average molecular weight is 844 g/mol. The van der Waals surface area contributed by atoms with Crippen molar-refractivity contribution in [2.75, 3.05) is 0 Å². The first-order valence-corrected chi connectivity index (χ1v) is 17.3. The number of nitrogens with zero attached hydrogens (tertiary/aromatic N) is 3. The molecule has 0 N–H and O–H groups in total. The largest absolute Gasteiger partial charge is 0.305 e. The van der Waals surface area contributed by atoms with Crippen LogP contribution in [0.1, 0.15) is 63.8 Å². The minimum absolute atomic E-state index is 0. The van der Waals surface area contributed by atoms with Crippen LogP contribution in [-0.4, -0.2) is 15.0 Å². The van der Waals surface area contributed by atoms with Gasteiger partial charge in [-0.3, -0.25) is 4.98 Å². The van der Waals surface area contributed by atoms with Crippen molar-refractivity contribution in [2.24, 2.45) is 0 Å². The fourth-order valence-electron chi connectivity index (χ4n) is 6.24. The number of aryl methyl sites for hydroxylation is 2. The summed E-state index contributed by atoms with van der Waals surface area (Å²) < 4.78 is 0. The van der Waals surface area contributed by atoms with Gasteiger partial charge in [0.25, 0.3) is 0 Å². The summed E-state index contributed by atoms with van der Waals surface area (Å²) in [7, 11) is 0. The van der Waals surface area contributed by atoms with Gasteiger partial charge in [0, 0.05) is 50.3 Å². The normalized spacial score (nSPS) is 11.4. The maximum Gasteiger partial charge on any atom is 0.0352 e. The number of hydrogen-bond acceptors (Lipinski definition) is 3. The zero-order chi connectivity index (χ0) is 35.5. The van der Waals surface area contributed by atoms with Crippen LogP contribution in [0.25, 0.3) is 55.5 Å². The zero-order valence-electron chi connectivity index (χ0n) is 30.8. The van der Waals surface area contributed by atoms with Crippen molar-refractivity contribution < 1.29 is 20.1 Å². The van der Waals surface area contributed by atoms with Crippen LogP contribution in [0.5, 0.6) is 0 Å². The minimum Gasteiger partial charge on any atom is -0.305 e. The van der Waals surface area contributed by atoms with E-state index in [-0.39, 0.29) is 30.9 Å². The van der Waals surface area contributed by atoms with Crippen molar-refractivity contribution in [3.63, 3.8) is 0 Å². The van der Waals surface area contributed by atoms with Crippen LogP contribution in [0.2, 0.25) is 0 Å². The molecule has 3 heterocycles. The molecular weight excluding hydrogens is 799 g/mol. The van der Waals surface area contributed by atoms with E-state index in [1.807, 2.05) is 67.3 Å². The molecule has 0 fully saturated rings. The van der Waals surface area contributed by atoms with Crippen LogP contribution < -0.4 is 0 Å². The summed E-state index contributed by atoms with van der Waals surface area (Å²) in [6.07, 6.45) is 7.59. The number of hydrogen-bond donors (Lipinski definition) is 0. The van der Waals surface area contributed by atoms with Gasteiger partial charge in [-0.25, -0.2) is 0 Å². The number of rotatable bonds is 4. The number of aromatic nitrogens is 3. The molecule has 51 heavy (non-hydrogen) atoms. The van der Waals surface area contributed by atoms with E-state index >= 15 is 0 Å². The molecule has 0 saturated heterocycles. The van der Waals surface area contributed by atoms with Crippen molar-refractivity contribution in [1.29, 1.82) is 0 Å². The molecule has 3 aromatic heterocycles. The average Bonchev–Trinajstić information content (AvgIpc) is 3.11. The quantitative estimate of drug-likeness (QED) is 0.166. The Labute approximate surface area is 317 Å². The molecule has 0 aliphatic heterocycles. The van der Waals surface area contributed by atoms with E-state index in [2.05, 4.69) is 143 Å². The first-order valence-electron chi connectivity index (χ1n) is 17.3. The molecule has 0 amide bonds. The van der Waals surface area contributed by atoms with Gasteiger partial charge in [0.15, 0.2) is 0 Å². The Balaban J connectivity index is 0.000000302. The Morgan fingerprint density at radius 2 is 1.18 bits per heavy atom. The van der Waals surface area contributed by atoms with Crippen molar-refractivity contribution in [2.45, 2.75) is 66.2 Å². The third kappa shape index (κ3) is 8.76. The first-order chi connectivity index (χ1) is 23.9. The van der Waals surface area contributed by atoms with Gasteiger partial charge >= 0.3 is 0 Å². The Morgan fingerprint density at radius 3 is 1.80 bits per heavy atom. The van der Waals surface area contributed by atoms with Gasteiger partial charge in [0.1, 0.15) is 0 Å². The van der Waals surface area contributed by atoms with Crippen LogP contribution in [-0.2, 0) is 30.9 Å². The molecule has 259 valence electrons. The topological polar surface area (TPSA) is 38.7 Å². The molecule has 0 atom stereocenters. The van der Waals surface area contributed by atoms with Crippen molar-refractivity contribution in [3.8, 4) is 44.8 Å². The molecule has 7 aromatic rings. The first kappa shape index (κ1) is 37.5. The SMILES string of the molecule is Cc1ccnc(-c2[c-]ccc(-c3ccc(-c4ccc(C(C)(C)C)cc4C(C)(C)C)c4cnccc34)c2)c1.Cc1ccnc(-c2[c-]cccc2)c1.[Ir]. The van der Waals surface area contributed by atoms with Crippen molar-refractivity contribution in [3.05, 3.63) is 162 Å². The summed E-state index contributed by atoms with van der Waals surface area (Å²) in [5.74, 6) is 0. The Kier molecular flexibility index (Phi) is 11.5. The standard InChI is InChI=1S/C35H35N2.C12H10N.Ir/c1-23-15-18-37-33(19-23)25-10-8-9-24(20-25)27-13-14-28(31-22-36-17-16-29(27)31)30-12-11-26(34(2,3)4)21-32(30)35(5,6)7;1-10-7-8-13-12(9-10)11-5-3-2-4-6-11;/h8-9,11-22H,1-7H3;2-5,7-9H,1H3;/q2*-1;. The molecule has 0 saturated carbocycles. The van der Waals surface area contributed by atoms with Crippen LogP contribution in [0.3, 0.4) is 0 Å². The summed E-state index contributed by atoms with van der Waals surface area (Å²) >= 11 is 0. The molecule has 0 aliphatic carbocycles. The van der Waals surface area contributed by atoms with Gasteiger partial charge in [-0.15, -0.1) is 71.3 Å². The minimum atomic E-state index is 0. The van der Waals surface area contributed by atoms with E-state index in [0.717, 1.165) is 33.5 Å². The number of benzene rings is 4. The third-order valence-corrected chi connectivity index (χ3v) is 9.01. The maximum absolute atomic E-state index is 4.58. The van der Waals surface area contributed by atoms with Gasteiger partial charge in [-0.1, -0.05) is 95.1 Å². The molecule has 0 aliphatic rings. The van der Waals surface area contributed by atoms with Crippen LogP contribution in [0.4, 0.5) is 0 Å². The molecule has 0 unspecified atom stereocenters. The summed E-state index contributed by atoms with van der Waals surface area (Å²) in [6.45, 7) is 17.9. The van der Waals surface area contributed by atoms with Crippen molar-refractivity contribution >= 4 is 10.8 Å². The molecule has 1 radical (unpaired) electrons. The van der Waals surface area contributed by atoms with E-state index < -0.39 is 0 Å². The molecule has 0 spiro atoms. The van der Waals surface area contributed by atoms with Crippen LogP contribution in [0, 0.1) is 26.0 Å². The molecule has 0 bridgehead atoms. The fraction of sp³-hybridized carbons (Fsp3) is 0.213. The van der Waals surface area contributed by atoms with Crippen molar-refractivity contribution in [1.82, 2.24) is 15.0 Å². The summed E-state index contributed by atoms with van der Waals surface area (Å²) in [5, 5.41) is 2.36. The number of fused-ring (bicyclic) bond motifs is 1. The van der Waals surface area contributed by atoms with Gasteiger partial charge in [0.2, 0.25) is 0 Å². The molecule has 7 rings (SSSR count). The van der Waals surface area contributed by atoms with E-state index in [1.54, 1.807) is 0 Å². The number of pyridine rings is 3. The summed E-state index contributed by atoms with van der Waals surface area (Å²) in [5.41, 5.74) is 14.1. The third-order valence-electron chi connectivity index (χ3n) is 9.01. The molecule has 3 nitrogen and oxygen atoms in total. The second-order valence-corrected chi connectivity index (χ2v) is 15.0. The zero-order valence-corrected chi connectivity index (χ0v) is 33.2. The van der Waals surface area contributed by atoms with Gasteiger partial charge < -0.3 is 9.97 Å². The van der Waals surface area contributed by atoms with Crippen LogP contribution in [0.15, 0.2) is 128 Å². The second kappa shape index (κ2) is 15.6. The predicted molar refractivity (Wildman–Crippen MR) is 210 cm³/mol. The molecular formula is C47H45IrN3-2. The van der Waals surface area contributed by atoms with E-state index in [9.17, 15) is 0 Å². The van der Waals surface area contributed by atoms with E-state index in [0.29, 0.717) is 0 Å². The summed E-state index contributed by atoms with van der Waals surface area (Å²) in [4.78, 5) is 13.4. The van der Waals surface area contributed by atoms with Gasteiger partial charge in [-0.05, 0) is 87.5 Å². The van der Waals surface area contributed by atoms with E-state index in [4.69, 9.17) is 0 Å². The monoisotopic (exact) mass is 844 g/mol. The fourth-order valence-corrected chi connectivity index (χ4v) is 6.24. The summed E-state index contributed by atoms with van der Waals surface area (Å²) in [6, 6.07) is 42.5. The smallest absolute Gasteiger partial charge is 0.0352 e. The molecule has 4 aromatic carbocycles.